The van der Waals surface area contributed by atoms with Crippen molar-refractivity contribution in [3.05, 3.63) is 52.8 Å². The first-order valence-electron chi connectivity index (χ1n) is 9.37. The van der Waals surface area contributed by atoms with Crippen molar-refractivity contribution >= 4 is 11.7 Å². The van der Waals surface area contributed by atoms with Crippen molar-refractivity contribution in [1.29, 1.82) is 0 Å². The van der Waals surface area contributed by atoms with E-state index < -0.39 is 0 Å². The molecule has 4 heteroatoms. The predicted octanol–water partition coefficient (Wildman–Crippen LogP) is 5.31. The van der Waals surface area contributed by atoms with Gasteiger partial charge in [0, 0.05) is 17.0 Å². The van der Waals surface area contributed by atoms with Crippen LogP contribution < -0.4 is 5.43 Å². The van der Waals surface area contributed by atoms with E-state index in [2.05, 4.69) is 64.7 Å². The highest BCUT2D eigenvalue weighted by Gasteiger charge is 2.06. The molecule has 2 rings (SSSR count). The van der Waals surface area contributed by atoms with Crippen LogP contribution in [0.1, 0.15) is 69.0 Å². The Morgan fingerprint density at radius 1 is 1.04 bits per heavy atom. The second-order valence-corrected chi connectivity index (χ2v) is 6.50. The van der Waals surface area contributed by atoms with Crippen LogP contribution in [-0.2, 0) is 12.8 Å². The van der Waals surface area contributed by atoms with Gasteiger partial charge in [-0.05, 0) is 51.2 Å². The zero-order valence-corrected chi connectivity index (χ0v) is 16.0. The van der Waals surface area contributed by atoms with Gasteiger partial charge in [-0.3, -0.25) is 0 Å². The lowest BCUT2D eigenvalue weighted by atomic mass is 9.99. The fourth-order valence-electron chi connectivity index (χ4n) is 2.82. The summed E-state index contributed by atoms with van der Waals surface area (Å²) in [5, 5.41) is 4.54. The normalized spacial score (nSPS) is 11.6. The molecule has 4 nitrogen and oxygen atoms in total. The van der Waals surface area contributed by atoms with Gasteiger partial charge in [-0.15, -0.1) is 0 Å². The topological polar surface area (TPSA) is 50.2 Å². The standard InChI is InChI=1S/C21H30N4/c1-5-7-11-18-12-9-10-14-20(18)17(4)24-25-21-22-16(3)15-19(23-21)13-8-6-2/h9-10,12,14-15H,5-8,11,13H2,1-4H3,(H,22,23,25). The van der Waals surface area contributed by atoms with E-state index in [1.807, 2.05) is 13.8 Å². The summed E-state index contributed by atoms with van der Waals surface area (Å²) in [5.41, 5.74) is 8.61. The van der Waals surface area contributed by atoms with Crippen LogP contribution >= 0.6 is 0 Å². The second kappa shape index (κ2) is 9.92. The molecule has 0 fully saturated rings. The van der Waals surface area contributed by atoms with Gasteiger partial charge in [-0.1, -0.05) is 51.0 Å². The molecular weight excluding hydrogens is 308 g/mol. The number of rotatable bonds is 9. The molecule has 2 aromatic rings. The first-order chi connectivity index (χ1) is 12.1. The molecule has 0 saturated carbocycles. The maximum Gasteiger partial charge on any atom is 0.243 e. The number of hydrazone groups is 1. The van der Waals surface area contributed by atoms with Gasteiger partial charge < -0.3 is 0 Å². The third-order valence-electron chi connectivity index (χ3n) is 4.22. The van der Waals surface area contributed by atoms with Crippen molar-refractivity contribution in [2.45, 2.75) is 66.2 Å². The Labute approximate surface area is 151 Å². The zero-order valence-electron chi connectivity index (χ0n) is 16.0. The van der Waals surface area contributed by atoms with E-state index in [0.29, 0.717) is 5.95 Å². The summed E-state index contributed by atoms with van der Waals surface area (Å²) in [6.07, 6.45) is 6.76. The molecule has 1 aromatic carbocycles. The number of aromatic nitrogens is 2. The minimum absolute atomic E-state index is 0.580. The van der Waals surface area contributed by atoms with E-state index in [-0.39, 0.29) is 0 Å². The van der Waals surface area contributed by atoms with Gasteiger partial charge in [0.1, 0.15) is 0 Å². The molecule has 0 aliphatic heterocycles. The third-order valence-corrected chi connectivity index (χ3v) is 4.22. The van der Waals surface area contributed by atoms with Gasteiger partial charge in [-0.2, -0.15) is 5.10 Å². The highest BCUT2D eigenvalue weighted by molar-refractivity contribution is 6.00. The molecule has 0 aliphatic carbocycles. The van der Waals surface area contributed by atoms with Gasteiger partial charge in [0.25, 0.3) is 0 Å². The highest BCUT2D eigenvalue weighted by Crippen LogP contribution is 2.14. The summed E-state index contributed by atoms with van der Waals surface area (Å²) in [4.78, 5) is 9.03. The molecule has 25 heavy (non-hydrogen) atoms. The van der Waals surface area contributed by atoms with Crippen LogP contribution in [0.3, 0.4) is 0 Å². The largest absolute Gasteiger partial charge is 0.245 e. The predicted molar refractivity (Wildman–Crippen MR) is 106 cm³/mol. The lowest BCUT2D eigenvalue weighted by Gasteiger charge is -2.10. The molecule has 1 heterocycles. The van der Waals surface area contributed by atoms with Crippen molar-refractivity contribution in [1.82, 2.24) is 9.97 Å². The Morgan fingerprint density at radius 2 is 1.76 bits per heavy atom. The summed E-state index contributed by atoms with van der Waals surface area (Å²) in [7, 11) is 0. The van der Waals surface area contributed by atoms with Crippen LogP contribution in [-0.4, -0.2) is 15.7 Å². The third kappa shape index (κ3) is 5.96. The number of anilines is 1. The van der Waals surface area contributed by atoms with E-state index >= 15 is 0 Å². The smallest absolute Gasteiger partial charge is 0.243 e. The van der Waals surface area contributed by atoms with Crippen LogP contribution in [0.4, 0.5) is 5.95 Å². The fourth-order valence-corrected chi connectivity index (χ4v) is 2.82. The minimum atomic E-state index is 0.580. The summed E-state index contributed by atoms with van der Waals surface area (Å²) in [5.74, 6) is 0.580. The average Bonchev–Trinajstić information content (AvgIpc) is 2.62. The van der Waals surface area contributed by atoms with E-state index in [4.69, 9.17) is 0 Å². The summed E-state index contributed by atoms with van der Waals surface area (Å²) < 4.78 is 0. The number of aryl methyl sites for hydroxylation is 3. The molecule has 0 atom stereocenters. The molecule has 0 bridgehead atoms. The number of nitrogens with one attached hydrogen (secondary N) is 1. The SMILES string of the molecule is CCCCc1cc(C)nc(NN=C(C)c2ccccc2CCCC)n1. The monoisotopic (exact) mass is 338 g/mol. The molecule has 1 aromatic heterocycles. The van der Waals surface area contributed by atoms with E-state index in [0.717, 1.165) is 42.8 Å². The van der Waals surface area contributed by atoms with Crippen LogP contribution in [0.5, 0.6) is 0 Å². The molecule has 0 radical (unpaired) electrons. The Hall–Kier alpha value is -2.23. The quantitative estimate of drug-likeness (QED) is 0.498. The fraction of sp³-hybridized carbons (Fsp3) is 0.476. The number of benzene rings is 1. The Balaban J connectivity index is 2.15. The van der Waals surface area contributed by atoms with Gasteiger partial charge in [-0.25, -0.2) is 15.4 Å². The van der Waals surface area contributed by atoms with E-state index in [1.165, 1.54) is 24.0 Å². The Morgan fingerprint density at radius 3 is 2.52 bits per heavy atom. The molecule has 0 spiro atoms. The van der Waals surface area contributed by atoms with Crippen LogP contribution in [0.15, 0.2) is 35.4 Å². The molecule has 0 aliphatic rings. The lowest BCUT2D eigenvalue weighted by molar-refractivity contribution is 0.772. The van der Waals surface area contributed by atoms with Gasteiger partial charge >= 0.3 is 0 Å². The molecule has 1 N–H and O–H groups in total. The number of hydrogen-bond acceptors (Lipinski definition) is 4. The maximum atomic E-state index is 4.58. The molecule has 0 amide bonds. The van der Waals surface area contributed by atoms with Crippen molar-refractivity contribution < 1.29 is 0 Å². The van der Waals surface area contributed by atoms with Crippen molar-refractivity contribution in [2.24, 2.45) is 5.10 Å². The van der Waals surface area contributed by atoms with E-state index in [1.54, 1.807) is 0 Å². The van der Waals surface area contributed by atoms with Gasteiger partial charge in [0.15, 0.2) is 0 Å². The highest BCUT2D eigenvalue weighted by atomic mass is 15.4. The van der Waals surface area contributed by atoms with Crippen molar-refractivity contribution in [3.63, 3.8) is 0 Å². The lowest BCUT2D eigenvalue weighted by Crippen LogP contribution is -2.07. The van der Waals surface area contributed by atoms with Gasteiger partial charge in [0.2, 0.25) is 5.95 Å². The number of unbranched alkanes of at least 4 members (excludes halogenated alkanes) is 2. The summed E-state index contributed by atoms with van der Waals surface area (Å²) in [6.45, 7) is 8.44. The molecular formula is C21H30N4. The summed E-state index contributed by atoms with van der Waals surface area (Å²) >= 11 is 0. The maximum absolute atomic E-state index is 4.58. The van der Waals surface area contributed by atoms with Gasteiger partial charge in [0.05, 0.1) is 5.71 Å². The van der Waals surface area contributed by atoms with Crippen molar-refractivity contribution in [3.8, 4) is 0 Å². The minimum Gasteiger partial charge on any atom is -0.245 e. The van der Waals surface area contributed by atoms with Crippen LogP contribution in [0.2, 0.25) is 0 Å². The summed E-state index contributed by atoms with van der Waals surface area (Å²) in [6, 6.07) is 10.5. The Kier molecular flexibility index (Phi) is 7.58. The van der Waals surface area contributed by atoms with E-state index in [9.17, 15) is 0 Å². The molecule has 134 valence electrons. The second-order valence-electron chi connectivity index (χ2n) is 6.50. The van der Waals surface area contributed by atoms with Crippen LogP contribution in [0.25, 0.3) is 0 Å². The zero-order chi connectivity index (χ0) is 18.1. The number of nitrogens with zero attached hydrogens (tertiary/aromatic N) is 3. The van der Waals surface area contributed by atoms with Crippen LogP contribution in [0, 0.1) is 6.92 Å². The number of hydrogen-bond donors (Lipinski definition) is 1. The Bertz CT molecular complexity index is 707. The average molecular weight is 338 g/mol. The first-order valence-corrected chi connectivity index (χ1v) is 9.37. The first kappa shape index (κ1) is 19.1. The molecule has 0 unspecified atom stereocenters. The van der Waals surface area contributed by atoms with Crippen molar-refractivity contribution in [2.75, 3.05) is 5.43 Å². The molecule has 0 saturated heterocycles.